The number of benzene rings is 1. The van der Waals surface area contributed by atoms with Crippen molar-refractivity contribution in [2.24, 2.45) is 5.92 Å². The van der Waals surface area contributed by atoms with E-state index in [-0.39, 0.29) is 24.7 Å². The maximum Gasteiger partial charge on any atom is 0.311 e. The predicted octanol–water partition coefficient (Wildman–Crippen LogP) is 1.85. The smallest absolute Gasteiger partial charge is 0.311 e. The quantitative estimate of drug-likeness (QED) is 0.510. The van der Waals surface area contributed by atoms with Gasteiger partial charge >= 0.3 is 5.97 Å². The fourth-order valence-electron chi connectivity index (χ4n) is 3.28. The number of carbonyl (C=O) groups is 3. The molecule has 0 spiro atoms. The van der Waals surface area contributed by atoms with E-state index in [1.54, 1.807) is 37.4 Å². The zero-order valence-corrected chi connectivity index (χ0v) is 16.5. The minimum atomic E-state index is -0.552. The third-order valence-electron chi connectivity index (χ3n) is 4.91. The Morgan fingerprint density at radius 2 is 1.97 bits per heavy atom. The Morgan fingerprint density at radius 1 is 1.17 bits per heavy atom. The summed E-state index contributed by atoms with van der Waals surface area (Å²) in [5.41, 5.74) is 1.38. The molecule has 0 radical (unpaired) electrons. The molecule has 8 nitrogen and oxygen atoms in total. The molecule has 1 saturated heterocycles. The van der Waals surface area contributed by atoms with Crippen LogP contribution in [-0.4, -0.2) is 61.5 Å². The molecule has 1 amide bonds. The summed E-state index contributed by atoms with van der Waals surface area (Å²) >= 11 is 0. The minimum Gasteiger partial charge on any atom is -0.493 e. The largest absolute Gasteiger partial charge is 0.493 e. The molecule has 29 heavy (non-hydrogen) atoms. The van der Waals surface area contributed by atoms with Gasteiger partial charge in [0, 0.05) is 25.7 Å². The lowest BCUT2D eigenvalue weighted by molar-refractivity contribution is -0.147. The molecular formula is C21H24N2O6. The number of amides is 1. The van der Waals surface area contributed by atoms with Crippen molar-refractivity contribution in [2.45, 2.75) is 12.8 Å². The number of nitrogens with zero attached hydrogens (tertiary/aromatic N) is 1. The summed E-state index contributed by atoms with van der Waals surface area (Å²) in [6.45, 7) is 0.441. The topological polar surface area (TPSA) is 97.9 Å². The number of Topliss-reactive ketones (excluding diaryl/α,β-unsaturated/α-hetero) is 1. The Balaban J connectivity index is 1.49. The predicted molar refractivity (Wildman–Crippen MR) is 104 cm³/mol. The lowest BCUT2D eigenvalue weighted by Gasteiger charge is -2.17. The van der Waals surface area contributed by atoms with E-state index in [0.717, 1.165) is 5.56 Å². The number of likely N-dealkylation sites (tertiary alicyclic amines) is 1. The number of H-pyrrole nitrogens is 1. The number of hydrogen-bond donors (Lipinski definition) is 1. The average molecular weight is 400 g/mol. The molecule has 154 valence electrons. The number of aromatic amines is 1. The number of aromatic nitrogens is 1. The third-order valence-corrected chi connectivity index (χ3v) is 4.91. The standard InChI is InChI=1S/C21H24N2O6/c1-27-18-6-5-14(10-19(18)28-2)7-9-23-12-15(11-20(23)25)21(26)29-13-17(24)16-4-3-8-22-16/h3-6,8,10,15,22H,7,9,11-13H2,1-2H3. The number of hydrogen-bond acceptors (Lipinski definition) is 6. The molecule has 1 N–H and O–H groups in total. The Morgan fingerprint density at radius 3 is 2.66 bits per heavy atom. The molecule has 1 aromatic heterocycles. The summed E-state index contributed by atoms with van der Waals surface area (Å²) in [5.74, 6) is -0.200. The van der Waals surface area contributed by atoms with Crippen molar-refractivity contribution in [3.63, 3.8) is 0 Å². The fourth-order valence-corrected chi connectivity index (χ4v) is 3.28. The Hall–Kier alpha value is -3.29. The highest BCUT2D eigenvalue weighted by molar-refractivity contribution is 5.96. The molecule has 0 aliphatic carbocycles. The van der Waals surface area contributed by atoms with Crippen molar-refractivity contribution in [1.29, 1.82) is 0 Å². The van der Waals surface area contributed by atoms with E-state index in [2.05, 4.69) is 4.98 Å². The van der Waals surface area contributed by atoms with Gasteiger partial charge < -0.3 is 24.1 Å². The lowest BCUT2D eigenvalue weighted by Crippen LogP contribution is -2.29. The summed E-state index contributed by atoms with van der Waals surface area (Å²) in [6.07, 6.45) is 2.35. The van der Waals surface area contributed by atoms with E-state index < -0.39 is 11.9 Å². The van der Waals surface area contributed by atoms with E-state index in [9.17, 15) is 14.4 Å². The van der Waals surface area contributed by atoms with E-state index in [1.165, 1.54) is 0 Å². The molecule has 1 atom stereocenters. The Labute approximate surface area is 168 Å². The van der Waals surface area contributed by atoms with Crippen molar-refractivity contribution < 1.29 is 28.6 Å². The van der Waals surface area contributed by atoms with Crippen molar-refractivity contribution in [3.8, 4) is 11.5 Å². The van der Waals surface area contributed by atoms with Crippen LogP contribution in [0.2, 0.25) is 0 Å². The van der Waals surface area contributed by atoms with Crippen LogP contribution in [0.15, 0.2) is 36.5 Å². The number of ether oxygens (including phenoxy) is 3. The molecule has 0 saturated carbocycles. The summed E-state index contributed by atoms with van der Waals surface area (Å²) in [4.78, 5) is 40.8. The van der Waals surface area contributed by atoms with Gasteiger partial charge in [0.2, 0.25) is 11.7 Å². The summed E-state index contributed by atoms with van der Waals surface area (Å²) in [7, 11) is 3.15. The van der Waals surface area contributed by atoms with Crippen LogP contribution in [0.3, 0.4) is 0 Å². The first-order valence-electron chi connectivity index (χ1n) is 9.33. The molecule has 1 fully saturated rings. The summed E-state index contributed by atoms with van der Waals surface area (Å²) < 4.78 is 15.6. The molecule has 8 heteroatoms. The second-order valence-electron chi connectivity index (χ2n) is 6.79. The monoisotopic (exact) mass is 400 g/mol. The average Bonchev–Trinajstić information content (AvgIpc) is 3.40. The van der Waals surface area contributed by atoms with E-state index in [4.69, 9.17) is 14.2 Å². The van der Waals surface area contributed by atoms with Crippen LogP contribution < -0.4 is 9.47 Å². The van der Waals surface area contributed by atoms with Crippen LogP contribution in [0.5, 0.6) is 11.5 Å². The number of carbonyl (C=O) groups excluding carboxylic acids is 3. The zero-order valence-electron chi connectivity index (χ0n) is 16.5. The van der Waals surface area contributed by atoms with Gasteiger partial charge in [0.05, 0.1) is 25.8 Å². The van der Waals surface area contributed by atoms with Crippen LogP contribution in [0.4, 0.5) is 0 Å². The second-order valence-corrected chi connectivity index (χ2v) is 6.79. The number of nitrogens with one attached hydrogen (secondary N) is 1. The van der Waals surface area contributed by atoms with Crippen molar-refractivity contribution in [2.75, 3.05) is 33.9 Å². The van der Waals surface area contributed by atoms with Crippen LogP contribution in [-0.2, 0) is 20.7 Å². The maximum absolute atomic E-state index is 12.3. The highest BCUT2D eigenvalue weighted by Gasteiger charge is 2.35. The Bertz CT molecular complexity index is 877. The molecule has 1 aromatic carbocycles. The van der Waals surface area contributed by atoms with Gasteiger partial charge in [0.25, 0.3) is 0 Å². The first-order valence-corrected chi connectivity index (χ1v) is 9.33. The van der Waals surface area contributed by atoms with E-state index in [1.807, 2.05) is 18.2 Å². The normalized spacial score (nSPS) is 16.0. The van der Waals surface area contributed by atoms with Crippen molar-refractivity contribution in [1.82, 2.24) is 9.88 Å². The van der Waals surface area contributed by atoms with Crippen molar-refractivity contribution in [3.05, 3.63) is 47.8 Å². The molecule has 3 rings (SSSR count). The molecular weight excluding hydrogens is 376 g/mol. The van der Waals surface area contributed by atoms with E-state index in [0.29, 0.717) is 36.7 Å². The number of rotatable bonds is 9. The SMILES string of the molecule is COc1ccc(CCN2CC(C(=O)OCC(=O)c3ccc[nH]3)CC2=O)cc1OC. The Kier molecular flexibility index (Phi) is 6.54. The first-order chi connectivity index (χ1) is 14.0. The van der Waals surface area contributed by atoms with Gasteiger partial charge in [-0.15, -0.1) is 0 Å². The molecule has 1 aliphatic rings. The molecule has 1 unspecified atom stereocenters. The van der Waals surface area contributed by atoms with Crippen molar-refractivity contribution >= 4 is 17.7 Å². The second kappa shape index (κ2) is 9.27. The first kappa shape index (κ1) is 20.4. The van der Waals surface area contributed by atoms with Gasteiger partial charge in [0.15, 0.2) is 18.1 Å². The fraction of sp³-hybridized carbons (Fsp3) is 0.381. The molecule has 2 heterocycles. The zero-order chi connectivity index (χ0) is 20.8. The van der Waals surface area contributed by atoms with Gasteiger partial charge in [-0.1, -0.05) is 6.07 Å². The number of esters is 1. The van der Waals surface area contributed by atoms with Crippen LogP contribution >= 0.6 is 0 Å². The van der Waals surface area contributed by atoms with Crippen LogP contribution in [0.25, 0.3) is 0 Å². The number of ketones is 1. The van der Waals surface area contributed by atoms with Gasteiger partial charge in [0.1, 0.15) is 0 Å². The summed E-state index contributed by atoms with van der Waals surface area (Å²) in [6, 6.07) is 8.92. The van der Waals surface area contributed by atoms with Gasteiger partial charge in [-0.05, 0) is 36.2 Å². The third kappa shape index (κ3) is 4.96. The minimum absolute atomic E-state index is 0.0943. The highest BCUT2D eigenvalue weighted by atomic mass is 16.5. The molecule has 2 aromatic rings. The molecule has 0 bridgehead atoms. The highest BCUT2D eigenvalue weighted by Crippen LogP contribution is 2.28. The summed E-state index contributed by atoms with van der Waals surface area (Å²) in [5, 5.41) is 0. The lowest BCUT2D eigenvalue weighted by atomic mass is 10.1. The van der Waals surface area contributed by atoms with Gasteiger partial charge in [-0.3, -0.25) is 14.4 Å². The van der Waals surface area contributed by atoms with E-state index >= 15 is 0 Å². The number of methoxy groups -OCH3 is 2. The molecule has 1 aliphatic heterocycles. The maximum atomic E-state index is 12.3. The van der Waals surface area contributed by atoms with Gasteiger partial charge in [-0.2, -0.15) is 0 Å². The van der Waals surface area contributed by atoms with Gasteiger partial charge in [-0.25, -0.2) is 0 Å². The van der Waals surface area contributed by atoms with Crippen LogP contribution in [0, 0.1) is 5.92 Å². The van der Waals surface area contributed by atoms with Crippen LogP contribution in [0.1, 0.15) is 22.5 Å².